The fourth-order valence-electron chi connectivity index (χ4n) is 4.12. The monoisotopic (exact) mass is 563 g/mol. The van der Waals surface area contributed by atoms with E-state index in [9.17, 15) is 4.79 Å². The van der Waals surface area contributed by atoms with E-state index in [-0.39, 0.29) is 24.7 Å². The molecule has 0 unspecified atom stereocenters. The van der Waals surface area contributed by atoms with Gasteiger partial charge < -0.3 is 14.6 Å². The molecule has 0 aliphatic rings. The number of aromatic nitrogens is 1. The highest BCUT2D eigenvalue weighted by Crippen LogP contribution is 2.40. The maximum absolute atomic E-state index is 12.2. The minimum atomic E-state index is -0.767. The summed E-state index contributed by atoms with van der Waals surface area (Å²) in [6, 6.07) is 34.0. The Morgan fingerprint density at radius 2 is 1.45 bits per heavy atom. The number of hydrogen-bond donors (Lipinski definition) is 1. The van der Waals surface area contributed by atoms with Gasteiger partial charge in [0.25, 0.3) is 5.24 Å². The predicted octanol–water partition coefficient (Wildman–Crippen LogP) is 7.25. The number of halogens is 2. The Kier molecular flexibility index (Phi) is 8.97. The van der Waals surface area contributed by atoms with Crippen molar-refractivity contribution >= 4 is 51.4 Å². The summed E-state index contributed by atoms with van der Waals surface area (Å²) in [5.41, 5.74) is 2.59. The van der Waals surface area contributed by atoms with Crippen molar-refractivity contribution in [3.8, 4) is 0 Å². The largest absolute Gasteiger partial charge is 0.466 e. The van der Waals surface area contributed by atoms with Crippen molar-refractivity contribution in [3.63, 3.8) is 0 Å². The molecule has 3 aromatic carbocycles. The van der Waals surface area contributed by atoms with E-state index in [0.717, 1.165) is 16.7 Å². The third kappa shape index (κ3) is 5.81. The molecule has 2 heterocycles. The maximum atomic E-state index is 12.2. The molecule has 0 fully saturated rings. The third-order valence-corrected chi connectivity index (χ3v) is 6.73. The normalized spacial score (nSPS) is 11.4. The summed E-state index contributed by atoms with van der Waals surface area (Å²) in [7, 11) is 0. The summed E-state index contributed by atoms with van der Waals surface area (Å²) in [4.78, 5) is 22.2. The van der Waals surface area contributed by atoms with Crippen molar-refractivity contribution < 1.29 is 14.0 Å². The van der Waals surface area contributed by atoms with Gasteiger partial charge in [-0.25, -0.2) is 4.98 Å². The molecule has 2 aromatic heterocycles. The number of nitrogens with one attached hydrogen (secondary N) is 1. The van der Waals surface area contributed by atoms with Crippen molar-refractivity contribution in [1.29, 1.82) is 0 Å². The van der Waals surface area contributed by atoms with E-state index in [2.05, 4.69) is 51.9 Å². The van der Waals surface area contributed by atoms with Crippen molar-refractivity contribution in [2.75, 3.05) is 5.32 Å². The molecular weight excluding hydrogens is 541 g/mol. The molecule has 9 heteroatoms. The fourth-order valence-corrected chi connectivity index (χ4v) is 5.00. The minimum absolute atomic E-state index is 0. The number of carbonyl (C=O) groups is 1. The molecule has 5 rings (SSSR count). The molecule has 1 N–H and O–H groups in total. The molecule has 5 aromatic rings. The molecule has 0 saturated heterocycles. The van der Waals surface area contributed by atoms with Crippen LogP contribution < -0.4 is 5.32 Å². The van der Waals surface area contributed by atoms with Crippen LogP contribution in [0.2, 0.25) is 0 Å². The molecule has 0 amide bonds. The lowest BCUT2D eigenvalue weighted by Gasteiger charge is -2.36. The first-order valence-corrected chi connectivity index (χ1v) is 12.8. The third-order valence-electron chi connectivity index (χ3n) is 5.79. The summed E-state index contributed by atoms with van der Waals surface area (Å²) in [5, 5.41) is 9.17. The van der Waals surface area contributed by atoms with Crippen LogP contribution in [0.25, 0.3) is 0 Å². The number of benzene rings is 3. The number of anilines is 1. The lowest BCUT2D eigenvalue weighted by molar-refractivity contribution is -0.106. The van der Waals surface area contributed by atoms with Crippen LogP contribution >= 0.6 is 35.3 Å². The summed E-state index contributed by atoms with van der Waals surface area (Å²) < 4.78 is 5.23. The quantitative estimate of drug-likeness (QED) is 0.0837. The van der Waals surface area contributed by atoms with Gasteiger partial charge in [0.05, 0.1) is 6.26 Å². The van der Waals surface area contributed by atoms with Gasteiger partial charge in [-0.1, -0.05) is 96.2 Å². The summed E-state index contributed by atoms with van der Waals surface area (Å²) >= 11 is 7.19. The van der Waals surface area contributed by atoms with Gasteiger partial charge in [0, 0.05) is 5.38 Å². The van der Waals surface area contributed by atoms with E-state index >= 15 is 0 Å². The highest BCUT2D eigenvalue weighted by molar-refractivity contribution is 7.14. The van der Waals surface area contributed by atoms with E-state index in [4.69, 9.17) is 20.9 Å². The van der Waals surface area contributed by atoms with Gasteiger partial charge in [0.1, 0.15) is 17.0 Å². The van der Waals surface area contributed by atoms with Crippen LogP contribution in [0.1, 0.15) is 28.1 Å². The minimum Gasteiger partial charge on any atom is -0.466 e. The van der Waals surface area contributed by atoms with Crippen LogP contribution in [0.15, 0.2) is 124 Å². The topological polar surface area (TPSA) is 76.7 Å². The van der Waals surface area contributed by atoms with Gasteiger partial charge in [-0.05, 0) is 40.4 Å². The summed E-state index contributed by atoms with van der Waals surface area (Å²) in [6.07, 6.45) is 1.53. The Morgan fingerprint density at radius 3 is 1.92 bits per heavy atom. The SMILES string of the molecule is Cl.O=C(Cl)C(=NOCc1ccco1)c1csc(NC(c2ccccc2)(c2ccccc2)c2ccccc2)n1. The maximum Gasteiger partial charge on any atom is 0.276 e. The predicted molar refractivity (Wildman–Crippen MR) is 153 cm³/mol. The Bertz CT molecular complexity index is 1380. The number of rotatable bonds is 10. The number of thiazole rings is 1. The molecule has 0 radical (unpaired) electrons. The lowest BCUT2D eigenvalue weighted by Crippen LogP contribution is -2.38. The lowest BCUT2D eigenvalue weighted by atomic mass is 9.77. The first kappa shape index (κ1) is 27.1. The van der Waals surface area contributed by atoms with E-state index in [0.29, 0.717) is 16.6 Å². The van der Waals surface area contributed by atoms with Crippen LogP contribution in [0, 0.1) is 0 Å². The number of hydrogen-bond acceptors (Lipinski definition) is 7. The number of furan rings is 1. The average molecular weight is 564 g/mol. The zero-order valence-corrected chi connectivity index (χ0v) is 22.4. The molecule has 0 bridgehead atoms. The van der Waals surface area contributed by atoms with Crippen molar-refractivity contribution in [3.05, 3.63) is 143 Å². The standard InChI is InChI=1S/C29H22ClN3O3S.ClH/c30-27(34)26(33-36-19-24-17-10-18-35-24)25-20-37-28(31-25)32-29(21-11-4-1-5-12-21,22-13-6-2-7-14-22)23-15-8-3-9-16-23;/h1-18,20H,19H2,(H,31,32);1H. The Balaban J connectivity index is 0.00000336. The highest BCUT2D eigenvalue weighted by atomic mass is 35.5. The van der Waals surface area contributed by atoms with Crippen molar-refractivity contribution in [2.45, 2.75) is 12.1 Å². The molecule has 0 aliphatic heterocycles. The second-order valence-electron chi connectivity index (χ2n) is 8.08. The van der Waals surface area contributed by atoms with Gasteiger partial charge in [-0.15, -0.1) is 23.7 Å². The average Bonchev–Trinajstić information content (AvgIpc) is 3.63. The zero-order valence-electron chi connectivity index (χ0n) is 20.0. The Hall–Kier alpha value is -3.91. The molecule has 192 valence electrons. The first-order valence-electron chi connectivity index (χ1n) is 11.5. The Labute approximate surface area is 235 Å². The smallest absolute Gasteiger partial charge is 0.276 e. The fraction of sp³-hybridized carbons (Fsp3) is 0.0690. The van der Waals surface area contributed by atoms with E-state index in [1.165, 1.54) is 17.6 Å². The summed E-state index contributed by atoms with van der Waals surface area (Å²) in [5.74, 6) is 0.573. The van der Waals surface area contributed by atoms with Gasteiger partial charge >= 0.3 is 0 Å². The van der Waals surface area contributed by atoms with Gasteiger partial charge in [0.15, 0.2) is 17.5 Å². The Morgan fingerprint density at radius 1 is 0.895 bits per heavy atom. The van der Waals surface area contributed by atoms with Gasteiger partial charge in [0.2, 0.25) is 0 Å². The van der Waals surface area contributed by atoms with Crippen LogP contribution in [0.5, 0.6) is 0 Å². The number of nitrogens with zero attached hydrogens (tertiary/aromatic N) is 2. The molecule has 0 saturated carbocycles. The second kappa shape index (κ2) is 12.6. The number of carbonyl (C=O) groups excluding carboxylic acids is 1. The van der Waals surface area contributed by atoms with E-state index < -0.39 is 10.8 Å². The molecule has 0 spiro atoms. The zero-order chi connectivity index (χ0) is 25.5. The van der Waals surface area contributed by atoms with Crippen molar-refractivity contribution in [1.82, 2.24) is 4.98 Å². The second-order valence-corrected chi connectivity index (χ2v) is 9.28. The van der Waals surface area contributed by atoms with Crippen LogP contribution in [0.3, 0.4) is 0 Å². The summed E-state index contributed by atoms with van der Waals surface area (Å²) in [6.45, 7) is 0.0645. The van der Waals surface area contributed by atoms with Crippen LogP contribution in [-0.2, 0) is 21.8 Å². The molecule has 0 aliphatic carbocycles. The molecular formula is C29H23Cl2N3O3S. The van der Waals surface area contributed by atoms with E-state index in [1.807, 2.05) is 54.6 Å². The van der Waals surface area contributed by atoms with Crippen molar-refractivity contribution in [2.24, 2.45) is 5.16 Å². The van der Waals surface area contributed by atoms with Crippen LogP contribution in [0.4, 0.5) is 5.13 Å². The molecule has 6 nitrogen and oxygen atoms in total. The van der Waals surface area contributed by atoms with Crippen LogP contribution in [-0.4, -0.2) is 15.9 Å². The highest BCUT2D eigenvalue weighted by Gasteiger charge is 2.37. The van der Waals surface area contributed by atoms with Gasteiger partial charge in [-0.3, -0.25) is 4.79 Å². The van der Waals surface area contributed by atoms with Gasteiger partial charge in [-0.2, -0.15) is 0 Å². The molecule has 0 atom stereocenters. The number of oxime groups is 1. The first-order chi connectivity index (χ1) is 18.2. The molecule has 38 heavy (non-hydrogen) atoms. The van der Waals surface area contributed by atoms with E-state index in [1.54, 1.807) is 17.5 Å².